The minimum absolute atomic E-state index is 0.702. The number of nitrogens with zero attached hydrogens (tertiary/aromatic N) is 5. The van der Waals surface area contributed by atoms with Crippen LogP contribution in [0.1, 0.15) is 56.2 Å². The molecule has 7 aromatic rings. The van der Waals surface area contributed by atoms with Gasteiger partial charge in [-0.15, -0.1) is 0 Å². The van der Waals surface area contributed by atoms with Crippen molar-refractivity contribution in [1.82, 2.24) is 19.9 Å². The maximum Gasteiger partial charge on any atom is 0.0816 e. The number of aromatic nitrogens is 4. The minimum atomic E-state index is 0.702. The number of H-pyrrole nitrogens is 2. The molecule has 0 saturated carbocycles. The maximum atomic E-state index is 5.27. The van der Waals surface area contributed by atoms with Gasteiger partial charge in [0.25, 0.3) is 0 Å². The molecule has 4 aromatic carbocycles. The summed E-state index contributed by atoms with van der Waals surface area (Å²) in [7, 11) is 12.2. The highest BCUT2D eigenvalue weighted by Gasteiger charge is 2.16. The smallest absolute Gasteiger partial charge is 0.0816 e. The standard InChI is InChI=1S/C56H45N7/c1-61(2)42-21-12-38(13-22-42)18-27-45-48-30-32-50(57-48)46(28-19-39-14-23-43(24-15-39)62(3)4)52-34-36-54(59-52)56(41-10-8-7-9-11-41)55-37-35-53(60-55)47(51-33-31-49(45)58-51)29-20-40-16-25-44(26-17-40)63(5)6/h7-17,21-26,30-37,59-60H,1-6H3. The Morgan fingerprint density at radius 3 is 1.05 bits per heavy atom. The lowest BCUT2D eigenvalue weighted by Gasteiger charge is -2.11. The van der Waals surface area contributed by atoms with Gasteiger partial charge < -0.3 is 24.7 Å². The number of hydrogen-bond donors (Lipinski definition) is 2. The van der Waals surface area contributed by atoms with Crippen molar-refractivity contribution in [3.05, 3.63) is 184 Å². The van der Waals surface area contributed by atoms with Crippen LogP contribution in [0.5, 0.6) is 0 Å². The van der Waals surface area contributed by atoms with Crippen LogP contribution in [0.15, 0.2) is 127 Å². The first-order valence-corrected chi connectivity index (χ1v) is 20.8. The van der Waals surface area contributed by atoms with Crippen LogP contribution in [0.4, 0.5) is 17.1 Å². The maximum absolute atomic E-state index is 5.27. The summed E-state index contributed by atoms with van der Waals surface area (Å²) in [5.41, 5.74) is 16.7. The molecule has 0 amide bonds. The van der Waals surface area contributed by atoms with E-state index >= 15 is 0 Å². The van der Waals surface area contributed by atoms with Crippen molar-refractivity contribution < 1.29 is 0 Å². The van der Waals surface area contributed by atoms with Gasteiger partial charge in [0.2, 0.25) is 0 Å². The summed E-state index contributed by atoms with van der Waals surface area (Å²) < 4.78 is 0. The quantitative estimate of drug-likeness (QED) is 0.173. The molecule has 0 spiro atoms. The number of nitrogens with one attached hydrogen (secondary N) is 2. The predicted octanol–water partition coefficient (Wildman–Crippen LogP) is 10.7. The Labute approximate surface area is 369 Å². The van der Waals surface area contributed by atoms with Gasteiger partial charge in [-0.25, -0.2) is 9.97 Å². The van der Waals surface area contributed by atoms with Crippen molar-refractivity contribution in [3.8, 4) is 46.6 Å². The summed E-state index contributed by atoms with van der Waals surface area (Å²) in [6.07, 6.45) is 8.07. The molecule has 0 atom stereocenters. The third kappa shape index (κ3) is 8.61. The number of anilines is 3. The van der Waals surface area contributed by atoms with Gasteiger partial charge in [-0.1, -0.05) is 65.9 Å². The van der Waals surface area contributed by atoms with E-state index in [1.807, 2.05) is 109 Å². The van der Waals surface area contributed by atoms with Crippen LogP contribution in [0.2, 0.25) is 0 Å². The fourth-order valence-corrected chi connectivity index (χ4v) is 7.45. The Morgan fingerprint density at radius 2 is 0.683 bits per heavy atom. The van der Waals surface area contributed by atoms with Crippen LogP contribution in [0.25, 0.3) is 57.5 Å². The molecule has 0 aliphatic carbocycles. The molecule has 9 rings (SSSR count). The summed E-state index contributed by atoms with van der Waals surface area (Å²) in [6, 6.07) is 43.6. The van der Waals surface area contributed by atoms with Crippen LogP contribution >= 0.6 is 0 Å². The lowest BCUT2D eigenvalue weighted by atomic mass is 10.1. The molecule has 0 saturated heterocycles. The van der Waals surface area contributed by atoms with E-state index in [2.05, 4.69) is 145 Å². The zero-order valence-electron chi connectivity index (χ0n) is 36.2. The molecule has 2 N–H and O–H groups in total. The number of rotatable bonds is 4. The topological polar surface area (TPSA) is 67.1 Å². The molecule has 8 bridgehead atoms. The SMILES string of the molecule is CN(C)c1ccc(C#Cc2c3nc(c(C#Cc4ccc(N(C)C)cc4)c4ccc([nH]4)c(-c4ccccc4)c4ccc([nH]4)c(C#Cc4ccc(N(C)C)cc4)c4nc2C=C4)C=C3)cc1. The van der Waals surface area contributed by atoms with Crippen LogP contribution in [-0.2, 0) is 0 Å². The zero-order chi connectivity index (χ0) is 43.5. The first kappa shape index (κ1) is 40.0. The Kier molecular flexibility index (Phi) is 11.0. The van der Waals surface area contributed by atoms with Crippen molar-refractivity contribution in [2.24, 2.45) is 0 Å². The van der Waals surface area contributed by atoms with Gasteiger partial charge in [-0.3, -0.25) is 0 Å². The number of aromatic amines is 2. The first-order chi connectivity index (χ1) is 30.7. The third-order valence-corrected chi connectivity index (χ3v) is 11.0. The molecule has 2 aliphatic rings. The van der Waals surface area contributed by atoms with Crippen molar-refractivity contribution >= 4 is 63.4 Å². The van der Waals surface area contributed by atoms with Gasteiger partial charge in [-0.05, 0) is 127 Å². The molecule has 2 aliphatic heterocycles. The molecule has 63 heavy (non-hydrogen) atoms. The number of fused-ring (bicyclic) bond motifs is 8. The van der Waals surface area contributed by atoms with E-state index in [9.17, 15) is 0 Å². The van der Waals surface area contributed by atoms with E-state index < -0.39 is 0 Å². The molecular weight excluding hydrogens is 771 g/mol. The average molecular weight is 816 g/mol. The summed E-state index contributed by atoms with van der Waals surface area (Å²) >= 11 is 0. The molecule has 3 aromatic heterocycles. The predicted molar refractivity (Wildman–Crippen MR) is 265 cm³/mol. The van der Waals surface area contributed by atoms with Gasteiger partial charge in [0.15, 0.2) is 0 Å². The number of hydrogen-bond acceptors (Lipinski definition) is 5. The lowest BCUT2D eigenvalue weighted by molar-refractivity contribution is 1.13. The highest BCUT2D eigenvalue weighted by Crippen LogP contribution is 2.31. The van der Waals surface area contributed by atoms with Crippen LogP contribution in [0.3, 0.4) is 0 Å². The van der Waals surface area contributed by atoms with Crippen molar-refractivity contribution in [3.63, 3.8) is 0 Å². The number of benzene rings is 4. The van der Waals surface area contributed by atoms with Gasteiger partial charge in [0.1, 0.15) is 0 Å². The second-order valence-corrected chi connectivity index (χ2v) is 15.9. The Balaban J connectivity index is 1.34. The van der Waals surface area contributed by atoms with Gasteiger partial charge in [-0.2, -0.15) is 0 Å². The van der Waals surface area contributed by atoms with Crippen LogP contribution < -0.4 is 14.7 Å². The first-order valence-electron chi connectivity index (χ1n) is 20.8. The van der Waals surface area contributed by atoms with E-state index in [1.165, 1.54) is 0 Å². The largest absolute Gasteiger partial charge is 0.378 e. The summed E-state index contributed by atoms with van der Waals surface area (Å²) in [6.45, 7) is 0. The molecular formula is C56H45N7. The minimum Gasteiger partial charge on any atom is -0.378 e. The summed E-state index contributed by atoms with van der Waals surface area (Å²) in [4.78, 5) is 24.3. The van der Waals surface area contributed by atoms with Crippen molar-refractivity contribution in [2.75, 3.05) is 57.0 Å². The normalized spacial score (nSPS) is 11.1. The van der Waals surface area contributed by atoms with E-state index in [1.54, 1.807) is 0 Å². The Morgan fingerprint density at radius 1 is 0.349 bits per heavy atom. The monoisotopic (exact) mass is 815 g/mol. The molecule has 0 unspecified atom stereocenters. The Hall–Kier alpha value is -8.44. The summed E-state index contributed by atoms with van der Waals surface area (Å²) in [5.74, 6) is 20.8. The zero-order valence-corrected chi connectivity index (χ0v) is 36.2. The van der Waals surface area contributed by atoms with Gasteiger partial charge in [0, 0.05) is 92.6 Å². The highest BCUT2D eigenvalue weighted by atomic mass is 15.1. The third-order valence-electron chi connectivity index (χ3n) is 11.0. The molecule has 7 heteroatoms. The van der Waals surface area contributed by atoms with E-state index in [-0.39, 0.29) is 0 Å². The van der Waals surface area contributed by atoms with Gasteiger partial charge in [0.05, 0.1) is 50.5 Å². The molecule has 5 heterocycles. The second kappa shape index (κ2) is 17.3. The lowest BCUT2D eigenvalue weighted by Crippen LogP contribution is -2.07. The van der Waals surface area contributed by atoms with E-state index in [4.69, 9.17) is 9.97 Å². The molecule has 0 fully saturated rings. The van der Waals surface area contributed by atoms with Crippen molar-refractivity contribution in [1.29, 1.82) is 0 Å². The fraction of sp³-hybridized carbons (Fsp3) is 0.107. The van der Waals surface area contributed by atoms with Crippen molar-refractivity contribution in [2.45, 2.75) is 0 Å². The fourth-order valence-electron chi connectivity index (χ4n) is 7.45. The molecule has 304 valence electrons. The molecule has 7 nitrogen and oxygen atoms in total. The van der Waals surface area contributed by atoms with Gasteiger partial charge >= 0.3 is 0 Å². The van der Waals surface area contributed by atoms with Crippen LogP contribution in [0, 0.1) is 35.5 Å². The second-order valence-electron chi connectivity index (χ2n) is 15.9. The van der Waals surface area contributed by atoms with Crippen LogP contribution in [-0.4, -0.2) is 62.2 Å². The molecule has 0 radical (unpaired) electrons. The average Bonchev–Trinajstić information content (AvgIpc) is 4.15. The van der Waals surface area contributed by atoms with E-state index in [0.717, 1.165) is 89.5 Å². The van der Waals surface area contributed by atoms with E-state index in [0.29, 0.717) is 17.0 Å². The summed E-state index contributed by atoms with van der Waals surface area (Å²) in [5, 5.41) is 0. The Bertz CT molecular complexity index is 3120. The highest BCUT2D eigenvalue weighted by molar-refractivity contribution is 5.95.